The Bertz CT molecular complexity index is 792. The highest BCUT2D eigenvalue weighted by Crippen LogP contribution is 2.21. The third-order valence-corrected chi connectivity index (χ3v) is 4.30. The summed E-state index contributed by atoms with van der Waals surface area (Å²) in [7, 11) is 1.96. The van der Waals surface area contributed by atoms with Crippen molar-refractivity contribution in [2.75, 3.05) is 36.0 Å². The number of hydrogen-bond acceptors (Lipinski definition) is 6. The first kappa shape index (κ1) is 14.6. The van der Waals surface area contributed by atoms with E-state index in [2.05, 4.69) is 54.2 Å². The van der Waals surface area contributed by atoms with Gasteiger partial charge in [0.2, 0.25) is 11.8 Å². The van der Waals surface area contributed by atoms with Crippen molar-refractivity contribution in [3.63, 3.8) is 0 Å². The Morgan fingerprint density at radius 2 is 1.46 bits per heavy atom. The van der Waals surface area contributed by atoms with Crippen LogP contribution in [-0.2, 0) is 7.05 Å². The number of para-hydroxylation sites is 1. The molecular formula is C17H19N7. The molecule has 1 aliphatic rings. The van der Waals surface area contributed by atoms with Gasteiger partial charge in [-0.05, 0) is 18.2 Å². The molecule has 7 heteroatoms. The van der Waals surface area contributed by atoms with Crippen LogP contribution < -0.4 is 9.80 Å². The molecule has 0 bridgehead atoms. The summed E-state index contributed by atoms with van der Waals surface area (Å²) in [5.74, 6) is 2.16. The van der Waals surface area contributed by atoms with Gasteiger partial charge in [-0.2, -0.15) is 0 Å². The van der Waals surface area contributed by atoms with E-state index >= 15 is 0 Å². The van der Waals surface area contributed by atoms with E-state index < -0.39 is 0 Å². The van der Waals surface area contributed by atoms with Crippen LogP contribution in [0.3, 0.4) is 0 Å². The lowest BCUT2D eigenvalue weighted by Gasteiger charge is -2.36. The summed E-state index contributed by atoms with van der Waals surface area (Å²) in [5.41, 5.74) is 1.27. The molecule has 1 aliphatic heterocycles. The summed E-state index contributed by atoms with van der Waals surface area (Å²) in [4.78, 5) is 13.2. The molecule has 3 heterocycles. The fraction of sp³-hybridized carbons (Fsp3) is 0.294. The first-order valence-corrected chi connectivity index (χ1v) is 8.04. The quantitative estimate of drug-likeness (QED) is 0.730. The zero-order valence-electron chi connectivity index (χ0n) is 13.6. The van der Waals surface area contributed by atoms with Gasteiger partial charge in [-0.1, -0.05) is 18.2 Å². The highest BCUT2D eigenvalue weighted by atomic mass is 15.4. The van der Waals surface area contributed by atoms with Gasteiger partial charge in [-0.3, -0.25) is 4.57 Å². The van der Waals surface area contributed by atoms with Crippen LogP contribution in [0.2, 0.25) is 0 Å². The van der Waals surface area contributed by atoms with E-state index in [9.17, 15) is 0 Å². The van der Waals surface area contributed by atoms with Crippen LogP contribution in [0.15, 0.2) is 48.8 Å². The number of hydrogen-bond donors (Lipinski definition) is 0. The van der Waals surface area contributed by atoms with E-state index in [1.165, 1.54) is 5.69 Å². The molecule has 0 aliphatic carbocycles. The van der Waals surface area contributed by atoms with Gasteiger partial charge in [0.15, 0.2) is 5.82 Å². The Kier molecular flexibility index (Phi) is 3.82. The second kappa shape index (κ2) is 6.27. The molecule has 4 rings (SSSR count). The zero-order chi connectivity index (χ0) is 16.4. The maximum atomic E-state index is 4.35. The molecule has 0 amide bonds. The lowest BCUT2D eigenvalue weighted by molar-refractivity contribution is 0.630. The number of aromatic nitrogens is 5. The van der Waals surface area contributed by atoms with Crippen molar-refractivity contribution in [3.05, 3.63) is 48.8 Å². The molecular weight excluding hydrogens is 302 g/mol. The standard InChI is InChI=1S/C17H19N7/c1-22-16(15-18-8-5-9-19-15)20-21-17(22)24-12-10-23(11-13-24)14-6-3-2-4-7-14/h2-9H,10-13H2,1H3. The normalized spacial score (nSPS) is 14.9. The fourth-order valence-corrected chi connectivity index (χ4v) is 3.01. The van der Waals surface area contributed by atoms with Gasteiger partial charge in [0.1, 0.15) is 0 Å². The molecule has 7 nitrogen and oxygen atoms in total. The van der Waals surface area contributed by atoms with Crippen molar-refractivity contribution >= 4 is 11.6 Å². The molecule has 0 radical (unpaired) electrons. The van der Waals surface area contributed by atoms with Crippen molar-refractivity contribution in [2.45, 2.75) is 0 Å². The summed E-state index contributed by atoms with van der Waals surface area (Å²) >= 11 is 0. The second-order valence-corrected chi connectivity index (χ2v) is 5.76. The molecule has 3 aromatic rings. The first-order chi connectivity index (χ1) is 11.8. The van der Waals surface area contributed by atoms with Gasteiger partial charge in [0, 0.05) is 51.3 Å². The Morgan fingerprint density at radius 1 is 0.792 bits per heavy atom. The lowest BCUT2D eigenvalue weighted by Crippen LogP contribution is -2.47. The Hall–Kier alpha value is -2.96. The molecule has 0 spiro atoms. The Morgan fingerprint density at radius 3 is 2.17 bits per heavy atom. The highest BCUT2D eigenvalue weighted by molar-refractivity contribution is 5.51. The smallest absolute Gasteiger partial charge is 0.227 e. The average Bonchev–Trinajstić information content (AvgIpc) is 3.05. The second-order valence-electron chi connectivity index (χ2n) is 5.76. The third-order valence-electron chi connectivity index (χ3n) is 4.30. The molecule has 122 valence electrons. The van der Waals surface area contributed by atoms with Crippen LogP contribution in [0.25, 0.3) is 11.6 Å². The summed E-state index contributed by atoms with van der Waals surface area (Å²) in [6.07, 6.45) is 3.44. The zero-order valence-corrected chi connectivity index (χ0v) is 13.6. The van der Waals surface area contributed by atoms with Gasteiger partial charge < -0.3 is 9.80 Å². The molecule has 2 aromatic heterocycles. The fourth-order valence-electron chi connectivity index (χ4n) is 3.01. The first-order valence-electron chi connectivity index (χ1n) is 8.04. The maximum Gasteiger partial charge on any atom is 0.227 e. The van der Waals surface area contributed by atoms with E-state index in [-0.39, 0.29) is 0 Å². The van der Waals surface area contributed by atoms with E-state index in [0.717, 1.165) is 32.1 Å². The van der Waals surface area contributed by atoms with Crippen molar-refractivity contribution in [2.24, 2.45) is 7.05 Å². The molecule has 0 unspecified atom stereocenters. The van der Waals surface area contributed by atoms with Gasteiger partial charge in [0.25, 0.3) is 0 Å². The monoisotopic (exact) mass is 321 g/mol. The molecule has 0 atom stereocenters. The van der Waals surface area contributed by atoms with Gasteiger partial charge in [0.05, 0.1) is 0 Å². The van der Waals surface area contributed by atoms with E-state index in [4.69, 9.17) is 0 Å². The number of benzene rings is 1. The Labute approximate surface area is 140 Å². The van der Waals surface area contributed by atoms with Crippen molar-refractivity contribution in [1.29, 1.82) is 0 Å². The highest BCUT2D eigenvalue weighted by Gasteiger charge is 2.22. The van der Waals surface area contributed by atoms with Crippen LogP contribution in [0.4, 0.5) is 11.6 Å². The van der Waals surface area contributed by atoms with Crippen LogP contribution in [0, 0.1) is 0 Å². The molecule has 1 fully saturated rings. The van der Waals surface area contributed by atoms with E-state index in [1.807, 2.05) is 17.7 Å². The number of nitrogens with zero attached hydrogens (tertiary/aromatic N) is 7. The number of piperazine rings is 1. The topological polar surface area (TPSA) is 63.0 Å². The average molecular weight is 321 g/mol. The predicted octanol–water partition coefficient (Wildman–Crippen LogP) is 1.60. The van der Waals surface area contributed by atoms with Gasteiger partial charge in [-0.15, -0.1) is 10.2 Å². The minimum atomic E-state index is 0.599. The van der Waals surface area contributed by atoms with Gasteiger partial charge in [-0.25, -0.2) is 9.97 Å². The number of rotatable bonds is 3. The minimum Gasteiger partial charge on any atom is -0.368 e. The van der Waals surface area contributed by atoms with Crippen LogP contribution in [0.1, 0.15) is 0 Å². The molecule has 0 saturated carbocycles. The Balaban J connectivity index is 1.50. The van der Waals surface area contributed by atoms with Crippen LogP contribution in [0.5, 0.6) is 0 Å². The largest absolute Gasteiger partial charge is 0.368 e. The van der Waals surface area contributed by atoms with Crippen LogP contribution >= 0.6 is 0 Å². The van der Waals surface area contributed by atoms with E-state index in [1.54, 1.807) is 18.5 Å². The van der Waals surface area contributed by atoms with Crippen molar-refractivity contribution in [1.82, 2.24) is 24.7 Å². The summed E-state index contributed by atoms with van der Waals surface area (Å²) in [5, 5.41) is 8.62. The van der Waals surface area contributed by atoms with Crippen molar-refractivity contribution < 1.29 is 0 Å². The van der Waals surface area contributed by atoms with Gasteiger partial charge >= 0.3 is 0 Å². The minimum absolute atomic E-state index is 0.599. The lowest BCUT2D eigenvalue weighted by atomic mass is 10.2. The summed E-state index contributed by atoms with van der Waals surface area (Å²) in [6.45, 7) is 3.76. The predicted molar refractivity (Wildman–Crippen MR) is 92.9 cm³/mol. The summed E-state index contributed by atoms with van der Waals surface area (Å²) in [6, 6.07) is 12.3. The number of anilines is 2. The SMILES string of the molecule is Cn1c(-c2ncccn2)nnc1N1CCN(c2ccccc2)CC1. The van der Waals surface area contributed by atoms with Crippen LogP contribution in [-0.4, -0.2) is 50.9 Å². The molecule has 1 saturated heterocycles. The van der Waals surface area contributed by atoms with E-state index in [0.29, 0.717) is 11.6 Å². The van der Waals surface area contributed by atoms with Crippen molar-refractivity contribution in [3.8, 4) is 11.6 Å². The summed E-state index contributed by atoms with van der Waals surface area (Å²) < 4.78 is 1.97. The molecule has 0 N–H and O–H groups in total. The third kappa shape index (κ3) is 2.68. The molecule has 1 aromatic carbocycles. The molecule has 24 heavy (non-hydrogen) atoms. The maximum absolute atomic E-state index is 4.35.